The first kappa shape index (κ1) is 16.1. The molecule has 5 N–H and O–H groups in total. The van der Waals surface area contributed by atoms with Crippen LogP contribution in [-0.2, 0) is 6.42 Å². The lowest BCUT2D eigenvalue weighted by molar-refractivity contribution is 0.0654. The van der Waals surface area contributed by atoms with Gasteiger partial charge < -0.3 is 26.2 Å². The zero-order valence-corrected chi connectivity index (χ0v) is 13.8. The Morgan fingerprint density at radius 1 is 1.19 bits per heavy atom. The Hall–Kier alpha value is -3.36. The summed E-state index contributed by atoms with van der Waals surface area (Å²) in [7, 11) is 0. The fraction of sp³-hybridized carbons (Fsp3) is 0.294. The number of ether oxygens (including phenoxy) is 1. The number of nitrogen functional groups attached to an aromatic ring is 2. The third-order valence-electron chi connectivity index (χ3n) is 4.82. The molecular weight excluding hydrogens is 338 g/mol. The summed E-state index contributed by atoms with van der Waals surface area (Å²) >= 11 is 0. The Morgan fingerprint density at radius 3 is 2.65 bits per heavy atom. The van der Waals surface area contributed by atoms with Crippen LogP contribution in [0, 0.1) is 0 Å². The van der Waals surface area contributed by atoms with Gasteiger partial charge in [-0.1, -0.05) is 12.1 Å². The van der Waals surface area contributed by atoms with Gasteiger partial charge in [-0.3, -0.25) is 4.79 Å². The number of nitrogens with two attached hydrogens (primary N) is 2. The number of anilines is 2. The van der Waals surface area contributed by atoms with Crippen LogP contribution in [0.1, 0.15) is 32.7 Å². The van der Waals surface area contributed by atoms with Crippen LogP contribution >= 0.6 is 0 Å². The number of aromatic carboxylic acids is 1. The average Bonchev–Trinajstić information content (AvgIpc) is 3.18. The number of rotatable bonds is 2. The fourth-order valence-corrected chi connectivity index (χ4v) is 3.58. The maximum Gasteiger partial charge on any atom is 0.336 e. The molecule has 1 aromatic heterocycles. The Bertz CT molecular complexity index is 931. The molecule has 1 spiro atoms. The summed E-state index contributed by atoms with van der Waals surface area (Å²) in [6, 6.07) is 6.17. The number of likely N-dealkylation sites (tertiary alicyclic amines) is 1. The highest BCUT2D eigenvalue weighted by molar-refractivity contribution is 6.04. The molecule has 2 aromatic rings. The highest BCUT2D eigenvalue weighted by Crippen LogP contribution is 2.41. The zero-order valence-electron chi connectivity index (χ0n) is 13.8. The maximum absolute atomic E-state index is 12.8. The maximum atomic E-state index is 12.8. The van der Waals surface area contributed by atoms with E-state index < -0.39 is 11.6 Å². The number of benzene rings is 1. The molecule has 26 heavy (non-hydrogen) atoms. The van der Waals surface area contributed by atoms with Crippen molar-refractivity contribution in [2.24, 2.45) is 0 Å². The number of hydrogen-bond donors (Lipinski definition) is 3. The van der Waals surface area contributed by atoms with Gasteiger partial charge in [-0.05, 0) is 12.1 Å². The van der Waals surface area contributed by atoms with Gasteiger partial charge in [-0.15, -0.1) is 0 Å². The molecule has 3 heterocycles. The van der Waals surface area contributed by atoms with Gasteiger partial charge >= 0.3 is 5.97 Å². The van der Waals surface area contributed by atoms with Gasteiger partial charge in [0, 0.05) is 19.4 Å². The third-order valence-corrected chi connectivity index (χ3v) is 4.82. The predicted octanol–water partition coefficient (Wildman–Crippen LogP) is 0.559. The molecule has 1 amide bonds. The van der Waals surface area contributed by atoms with Crippen LogP contribution in [0.25, 0.3) is 0 Å². The molecule has 0 saturated carbocycles. The molecular formula is C17H17N5O4. The van der Waals surface area contributed by atoms with Gasteiger partial charge in [0.25, 0.3) is 5.91 Å². The van der Waals surface area contributed by atoms with E-state index in [4.69, 9.17) is 16.2 Å². The summed E-state index contributed by atoms with van der Waals surface area (Å²) in [6.45, 7) is 0.763. The number of carbonyl (C=O) groups excluding carboxylic acids is 1. The fourth-order valence-electron chi connectivity index (χ4n) is 3.58. The Balaban J connectivity index is 1.58. The summed E-state index contributed by atoms with van der Waals surface area (Å²) < 4.78 is 5.99. The number of hydrogen-bond acceptors (Lipinski definition) is 7. The van der Waals surface area contributed by atoms with Crippen molar-refractivity contribution in [3.63, 3.8) is 0 Å². The molecule has 0 radical (unpaired) electrons. The number of aromatic nitrogens is 2. The van der Waals surface area contributed by atoms with Crippen molar-refractivity contribution in [1.29, 1.82) is 0 Å². The first-order valence-corrected chi connectivity index (χ1v) is 8.11. The number of amides is 1. The van der Waals surface area contributed by atoms with Gasteiger partial charge in [-0.25, -0.2) is 4.79 Å². The SMILES string of the molecule is Nc1nc(N)c2c(n1)OC1(CCN(C(=O)c3ccccc3C(=O)O)C1)C2. The van der Waals surface area contributed by atoms with Crippen molar-refractivity contribution in [1.82, 2.24) is 14.9 Å². The second-order valence-corrected chi connectivity index (χ2v) is 6.54. The van der Waals surface area contributed by atoms with Crippen LogP contribution in [-0.4, -0.2) is 50.5 Å². The number of nitrogens with zero attached hydrogens (tertiary/aromatic N) is 3. The summed E-state index contributed by atoms with van der Waals surface area (Å²) in [5.41, 5.74) is 11.7. The minimum Gasteiger partial charge on any atom is -0.478 e. The number of carbonyl (C=O) groups is 2. The summed E-state index contributed by atoms with van der Waals surface area (Å²) in [5, 5.41) is 9.30. The highest BCUT2D eigenvalue weighted by atomic mass is 16.5. The summed E-state index contributed by atoms with van der Waals surface area (Å²) in [4.78, 5) is 33.8. The van der Waals surface area contributed by atoms with E-state index in [2.05, 4.69) is 9.97 Å². The monoisotopic (exact) mass is 355 g/mol. The first-order valence-electron chi connectivity index (χ1n) is 8.11. The van der Waals surface area contributed by atoms with E-state index in [-0.39, 0.29) is 28.8 Å². The van der Waals surface area contributed by atoms with E-state index in [0.717, 1.165) is 0 Å². The molecule has 2 aliphatic rings. The van der Waals surface area contributed by atoms with Crippen molar-refractivity contribution in [2.45, 2.75) is 18.4 Å². The average molecular weight is 355 g/mol. The lowest BCUT2D eigenvalue weighted by Crippen LogP contribution is -2.40. The third kappa shape index (κ3) is 2.48. The van der Waals surface area contributed by atoms with Crippen molar-refractivity contribution in [2.75, 3.05) is 24.6 Å². The van der Waals surface area contributed by atoms with Crippen LogP contribution in [0.2, 0.25) is 0 Å². The van der Waals surface area contributed by atoms with Crippen LogP contribution in [0.4, 0.5) is 11.8 Å². The number of carboxylic acids is 1. The molecule has 0 aliphatic carbocycles. The minimum absolute atomic E-state index is 0.0167. The van der Waals surface area contributed by atoms with E-state index in [9.17, 15) is 14.7 Å². The standard InChI is InChI=1S/C17H17N5O4/c18-12-11-7-17(26-13(11)21-16(19)20-12)5-6-22(8-17)14(23)9-3-1-2-4-10(9)15(24)25/h1-4H,5-8H2,(H,24,25)(H4,18,19,20,21). The smallest absolute Gasteiger partial charge is 0.336 e. The van der Waals surface area contributed by atoms with E-state index in [0.29, 0.717) is 37.4 Å². The van der Waals surface area contributed by atoms with Crippen molar-refractivity contribution in [3.05, 3.63) is 41.0 Å². The topological polar surface area (TPSA) is 145 Å². The lowest BCUT2D eigenvalue weighted by atomic mass is 9.97. The Morgan fingerprint density at radius 2 is 1.92 bits per heavy atom. The molecule has 134 valence electrons. The highest BCUT2D eigenvalue weighted by Gasteiger charge is 2.48. The largest absolute Gasteiger partial charge is 0.478 e. The number of carboxylic acid groups (broad SMARTS) is 1. The molecule has 1 unspecified atom stereocenters. The van der Waals surface area contributed by atoms with E-state index in [1.165, 1.54) is 12.1 Å². The molecule has 2 aliphatic heterocycles. The second kappa shape index (κ2) is 5.58. The van der Waals surface area contributed by atoms with Crippen molar-refractivity contribution >= 4 is 23.6 Å². The normalized spacial score (nSPS) is 20.8. The van der Waals surface area contributed by atoms with Crippen LogP contribution in [0.5, 0.6) is 5.88 Å². The Kier molecular flexibility index (Phi) is 3.46. The van der Waals surface area contributed by atoms with Gasteiger partial charge in [-0.2, -0.15) is 9.97 Å². The molecule has 0 bridgehead atoms. The lowest BCUT2D eigenvalue weighted by Gasteiger charge is -2.23. The molecule has 1 atom stereocenters. The molecule has 1 aromatic carbocycles. The van der Waals surface area contributed by atoms with Gasteiger partial charge in [0.2, 0.25) is 11.8 Å². The van der Waals surface area contributed by atoms with Crippen molar-refractivity contribution < 1.29 is 19.4 Å². The van der Waals surface area contributed by atoms with E-state index in [1.54, 1.807) is 17.0 Å². The van der Waals surface area contributed by atoms with Crippen LogP contribution in [0.3, 0.4) is 0 Å². The number of fused-ring (bicyclic) bond motifs is 1. The van der Waals surface area contributed by atoms with Gasteiger partial charge in [0.05, 0.1) is 23.2 Å². The van der Waals surface area contributed by atoms with Crippen molar-refractivity contribution in [3.8, 4) is 5.88 Å². The Labute approximate surface area is 148 Å². The second-order valence-electron chi connectivity index (χ2n) is 6.54. The molecule has 9 nitrogen and oxygen atoms in total. The van der Waals surface area contributed by atoms with Crippen LogP contribution in [0.15, 0.2) is 24.3 Å². The van der Waals surface area contributed by atoms with Crippen LogP contribution < -0.4 is 16.2 Å². The molecule has 9 heteroatoms. The van der Waals surface area contributed by atoms with E-state index >= 15 is 0 Å². The van der Waals surface area contributed by atoms with Gasteiger partial charge in [0.1, 0.15) is 11.4 Å². The predicted molar refractivity (Wildman–Crippen MR) is 91.8 cm³/mol. The zero-order chi connectivity index (χ0) is 18.5. The molecule has 1 saturated heterocycles. The first-order chi connectivity index (χ1) is 12.4. The summed E-state index contributed by atoms with van der Waals surface area (Å²) in [6.07, 6.45) is 1.07. The van der Waals surface area contributed by atoms with Gasteiger partial charge in [0.15, 0.2) is 0 Å². The molecule has 1 fully saturated rings. The van der Waals surface area contributed by atoms with E-state index in [1.807, 2.05) is 0 Å². The summed E-state index contributed by atoms with van der Waals surface area (Å²) in [5.74, 6) is -0.788. The minimum atomic E-state index is -1.13. The quantitative estimate of drug-likeness (QED) is 0.708. The molecule has 4 rings (SSSR count).